The summed E-state index contributed by atoms with van der Waals surface area (Å²) < 4.78 is 12.5. The van der Waals surface area contributed by atoms with Gasteiger partial charge in [0.15, 0.2) is 0 Å². The number of carbonyl (C=O) groups excluding carboxylic acids is 1. The van der Waals surface area contributed by atoms with E-state index in [4.69, 9.17) is 0 Å². The van der Waals surface area contributed by atoms with Crippen LogP contribution in [0.3, 0.4) is 0 Å². The van der Waals surface area contributed by atoms with Crippen LogP contribution in [0.1, 0.15) is 6.92 Å². The molecule has 0 amide bonds. The molecule has 0 aliphatic heterocycles. The Bertz CT molecular complexity index is 283. The van der Waals surface area contributed by atoms with E-state index >= 15 is 0 Å². The number of nitrogens with zero attached hydrogens (tertiary/aromatic N) is 1. The molecule has 13 heavy (non-hydrogen) atoms. The highest BCUT2D eigenvalue weighted by molar-refractivity contribution is 5.65. The largest absolute Gasteiger partial charge is 0.364 e. The third-order valence-corrected chi connectivity index (χ3v) is 1.99. The fourth-order valence-electron chi connectivity index (χ4n) is 0.979. The monoisotopic (exact) mass is 180 g/mol. The zero-order valence-corrected chi connectivity index (χ0v) is 7.62. The predicted molar refractivity (Wildman–Crippen MR) is 50.0 cm³/mol. The lowest BCUT2D eigenvalue weighted by atomic mass is 10.2. The molecule has 1 atom stereocenters. The molecule has 69 valence electrons. The van der Waals surface area contributed by atoms with E-state index in [0.29, 0.717) is 0 Å². The van der Waals surface area contributed by atoms with Crippen LogP contribution in [-0.4, -0.2) is 19.4 Å². The van der Waals surface area contributed by atoms with Crippen molar-refractivity contribution in [2.75, 3.05) is 11.9 Å². The second-order valence-electron chi connectivity index (χ2n) is 2.88. The molecule has 0 saturated carbocycles. The summed E-state index contributed by atoms with van der Waals surface area (Å²) in [4.78, 5) is 12.1. The van der Waals surface area contributed by atoms with Crippen molar-refractivity contribution in [3.05, 3.63) is 30.1 Å². The van der Waals surface area contributed by atoms with E-state index in [0.717, 1.165) is 5.69 Å². The van der Waals surface area contributed by atoms with Crippen LogP contribution in [0.4, 0.5) is 10.1 Å². The molecule has 1 aromatic carbocycles. The molecule has 0 spiro atoms. The van der Waals surface area contributed by atoms with Crippen molar-refractivity contribution in [3.8, 4) is 0 Å². The Kier molecular flexibility index (Phi) is 3.01. The maximum atomic E-state index is 12.5. The Morgan fingerprint density at radius 1 is 1.38 bits per heavy atom. The second-order valence-corrected chi connectivity index (χ2v) is 2.88. The minimum Gasteiger partial charge on any atom is -0.364 e. The van der Waals surface area contributed by atoms with Crippen molar-refractivity contribution < 1.29 is 9.18 Å². The molecule has 0 aliphatic rings. The molecule has 0 heterocycles. The Balaban J connectivity index is 2.82. The number of hydrogen-bond acceptors (Lipinski definition) is 2. The van der Waals surface area contributed by atoms with Crippen LogP contribution in [0, 0.1) is 5.82 Å². The van der Waals surface area contributed by atoms with Gasteiger partial charge in [0, 0.05) is 12.7 Å². The van der Waals surface area contributed by atoms with E-state index in [1.54, 1.807) is 31.0 Å². The Labute approximate surface area is 77.0 Å². The molecule has 1 aromatic rings. The zero-order valence-electron chi connectivity index (χ0n) is 7.62. The highest BCUT2D eigenvalue weighted by atomic mass is 19.1. The normalized spacial score (nSPS) is 12.2. The van der Waals surface area contributed by atoms with Crippen LogP contribution >= 0.6 is 0 Å². The van der Waals surface area contributed by atoms with Crippen LogP contribution in [0.2, 0.25) is 0 Å². The number of hydrogen-bond donors (Lipinski definition) is 0. The molecule has 0 saturated heterocycles. The van der Waals surface area contributed by atoms with Gasteiger partial charge in [-0.05, 0) is 31.2 Å². The Morgan fingerprint density at radius 3 is 2.38 bits per heavy atom. The van der Waals surface area contributed by atoms with Crippen molar-refractivity contribution in [1.82, 2.24) is 0 Å². The van der Waals surface area contributed by atoms with Crippen molar-refractivity contribution in [2.45, 2.75) is 13.0 Å². The lowest BCUT2D eigenvalue weighted by Crippen LogP contribution is -2.29. The van der Waals surface area contributed by atoms with Crippen LogP contribution in [0.25, 0.3) is 0 Å². The molecule has 0 bridgehead atoms. The van der Waals surface area contributed by atoms with E-state index in [2.05, 4.69) is 0 Å². The maximum absolute atomic E-state index is 12.5. The molecule has 0 N–H and O–H groups in total. The van der Waals surface area contributed by atoms with Gasteiger partial charge >= 0.3 is 0 Å². The number of likely N-dealkylation sites (N-methyl/N-ethyl adjacent to an activating group) is 1. The number of rotatable bonds is 3. The first-order valence-corrected chi connectivity index (χ1v) is 4.01. The second kappa shape index (κ2) is 4.03. The molecule has 0 aromatic heterocycles. The predicted octanol–water partition coefficient (Wildman–Crippen LogP) is 1.76. The lowest BCUT2D eigenvalue weighted by Gasteiger charge is -2.21. The van der Waals surface area contributed by atoms with E-state index in [9.17, 15) is 9.18 Å². The topological polar surface area (TPSA) is 20.3 Å². The van der Waals surface area contributed by atoms with Gasteiger partial charge in [-0.3, -0.25) is 4.79 Å². The minimum absolute atomic E-state index is 0.278. The first-order valence-electron chi connectivity index (χ1n) is 4.01. The fourth-order valence-corrected chi connectivity index (χ4v) is 0.979. The van der Waals surface area contributed by atoms with Crippen LogP contribution in [0.5, 0.6) is 0 Å². The molecular formula is C10H11FNO. The third kappa shape index (κ3) is 2.28. The molecule has 0 fully saturated rings. The summed E-state index contributed by atoms with van der Waals surface area (Å²) in [5.41, 5.74) is 0.803. The van der Waals surface area contributed by atoms with Crippen molar-refractivity contribution >= 4 is 12.0 Å². The van der Waals surface area contributed by atoms with Crippen molar-refractivity contribution in [1.29, 1.82) is 0 Å². The smallest absolute Gasteiger partial charge is 0.222 e. The summed E-state index contributed by atoms with van der Waals surface area (Å²) in [5.74, 6) is -0.278. The Morgan fingerprint density at radius 2 is 1.92 bits per heavy atom. The van der Waals surface area contributed by atoms with E-state index < -0.39 is 0 Å². The maximum Gasteiger partial charge on any atom is 0.222 e. The summed E-state index contributed by atoms with van der Waals surface area (Å²) in [7, 11) is 1.77. The SMILES string of the molecule is C[C@@H]([C]=O)N(C)c1ccc(F)cc1. The quantitative estimate of drug-likeness (QED) is 0.706. The van der Waals surface area contributed by atoms with Gasteiger partial charge < -0.3 is 4.90 Å². The third-order valence-electron chi connectivity index (χ3n) is 1.99. The first kappa shape index (κ1) is 9.71. The lowest BCUT2D eigenvalue weighted by molar-refractivity contribution is 0.543. The molecular weight excluding hydrogens is 169 g/mol. The van der Waals surface area contributed by atoms with Crippen LogP contribution in [0.15, 0.2) is 24.3 Å². The van der Waals surface area contributed by atoms with Gasteiger partial charge in [-0.15, -0.1) is 0 Å². The van der Waals surface area contributed by atoms with Gasteiger partial charge in [0.25, 0.3) is 0 Å². The summed E-state index contributed by atoms with van der Waals surface area (Å²) in [5, 5.41) is 0. The van der Waals surface area contributed by atoms with Crippen LogP contribution < -0.4 is 4.90 Å². The highest BCUT2D eigenvalue weighted by Gasteiger charge is 2.08. The summed E-state index contributed by atoms with van der Waals surface area (Å²) in [6.45, 7) is 1.73. The molecule has 1 radical (unpaired) electrons. The van der Waals surface area contributed by atoms with Crippen molar-refractivity contribution in [2.24, 2.45) is 0 Å². The van der Waals surface area contributed by atoms with E-state index in [1.165, 1.54) is 12.1 Å². The van der Waals surface area contributed by atoms with Crippen LogP contribution in [-0.2, 0) is 4.79 Å². The number of halogens is 1. The van der Waals surface area contributed by atoms with Gasteiger partial charge in [-0.25, -0.2) is 4.39 Å². The summed E-state index contributed by atoms with van der Waals surface area (Å²) in [6, 6.07) is 5.67. The van der Waals surface area contributed by atoms with E-state index in [1.807, 2.05) is 6.29 Å². The van der Waals surface area contributed by atoms with Gasteiger partial charge in [0.1, 0.15) is 5.82 Å². The number of anilines is 1. The summed E-state index contributed by atoms with van der Waals surface area (Å²) >= 11 is 0. The zero-order chi connectivity index (χ0) is 9.84. The average molecular weight is 180 g/mol. The standard InChI is InChI=1S/C10H11FNO/c1-8(7-13)12(2)10-5-3-9(11)4-6-10/h3-6,8H,1-2H3/t8-/m0/s1. The summed E-state index contributed by atoms with van der Waals surface area (Å²) in [6.07, 6.45) is 1.86. The molecule has 3 heteroatoms. The highest BCUT2D eigenvalue weighted by Crippen LogP contribution is 2.14. The fraction of sp³-hybridized carbons (Fsp3) is 0.300. The molecule has 2 nitrogen and oxygen atoms in total. The van der Waals surface area contributed by atoms with Gasteiger partial charge in [0.05, 0.1) is 6.04 Å². The van der Waals surface area contributed by atoms with E-state index in [-0.39, 0.29) is 11.9 Å². The first-order chi connectivity index (χ1) is 6.15. The van der Waals surface area contributed by atoms with Gasteiger partial charge in [0.2, 0.25) is 6.29 Å². The minimum atomic E-state index is -0.314. The average Bonchev–Trinajstić information content (AvgIpc) is 2.17. The van der Waals surface area contributed by atoms with Crippen molar-refractivity contribution in [3.63, 3.8) is 0 Å². The molecule has 1 rings (SSSR count). The molecule has 0 aliphatic carbocycles. The number of benzene rings is 1. The molecule has 0 unspecified atom stereocenters. The Hall–Kier alpha value is -1.38. The van der Waals surface area contributed by atoms with Gasteiger partial charge in [-0.2, -0.15) is 0 Å². The van der Waals surface area contributed by atoms with Gasteiger partial charge in [-0.1, -0.05) is 0 Å².